The standard InChI is InChI=1S/C30H21ClFN3O5/c1-17-24(29(37)35(34-17)22-9-4-19(5-10-22)30(38)39)15-23-11-13-27(40-23)20-6-12-26(31)25(14-20)28(36)33-16-18-2-7-21(32)8-3-18/h2-15H,16H2,1H3,(H,33,36)(H,38,39)/b24-15-. The van der Waals surface area contributed by atoms with Crippen LogP contribution in [0.5, 0.6) is 0 Å². The smallest absolute Gasteiger partial charge is 0.335 e. The molecule has 0 unspecified atom stereocenters. The van der Waals surface area contributed by atoms with Gasteiger partial charge in [-0.05, 0) is 85.3 Å². The Hall–Kier alpha value is -5.02. The highest BCUT2D eigenvalue weighted by atomic mass is 35.5. The molecule has 40 heavy (non-hydrogen) atoms. The lowest BCUT2D eigenvalue weighted by Crippen LogP contribution is -2.23. The van der Waals surface area contributed by atoms with Gasteiger partial charge in [0.15, 0.2) is 0 Å². The third-order valence-electron chi connectivity index (χ3n) is 6.20. The van der Waals surface area contributed by atoms with E-state index >= 15 is 0 Å². The number of nitrogens with zero attached hydrogens (tertiary/aromatic N) is 2. The maximum absolute atomic E-state index is 13.1. The normalized spacial score (nSPS) is 14.0. The number of carbonyl (C=O) groups is 3. The molecule has 0 radical (unpaired) electrons. The van der Waals surface area contributed by atoms with Crippen LogP contribution in [0.25, 0.3) is 17.4 Å². The number of halogens is 2. The largest absolute Gasteiger partial charge is 0.478 e. The number of hydrogen-bond acceptors (Lipinski definition) is 5. The highest BCUT2D eigenvalue weighted by Gasteiger charge is 2.29. The second kappa shape index (κ2) is 11.0. The lowest BCUT2D eigenvalue weighted by Gasteiger charge is -2.11. The zero-order valence-corrected chi connectivity index (χ0v) is 21.8. The van der Waals surface area contributed by atoms with Gasteiger partial charge in [-0.1, -0.05) is 23.7 Å². The van der Waals surface area contributed by atoms with Gasteiger partial charge in [-0.15, -0.1) is 0 Å². The number of nitrogens with one attached hydrogen (secondary N) is 1. The summed E-state index contributed by atoms with van der Waals surface area (Å²) in [5.41, 5.74) is 2.91. The van der Waals surface area contributed by atoms with Gasteiger partial charge in [0.1, 0.15) is 17.3 Å². The van der Waals surface area contributed by atoms with Crippen molar-refractivity contribution in [1.29, 1.82) is 0 Å². The lowest BCUT2D eigenvalue weighted by molar-refractivity contribution is -0.114. The number of rotatable bonds is 7. The number of carboxylic acids is 1. The van der Waals surface area contributed by atoms with Gasteiger partial charge in [0, 0.05) is 12.1 Å². The van der Waals surface area contributed by atoms with Crippen LogP contribution in [0.4, 0.5) is 10.1 Å². The van der Waals surface area contributed by atoms with E-state index in [9.17, 15) is 18.8 Å². The van der Waals surface area contributed by atoms with Crippen molar-refractivity contribution < 1.29 is 28.3 Å². The molecule has 1 aliphatic heterocycles. The SMILES string of the molecule is CC1=NN(c2ccc(C(=O)O)cc2)C(=O)/C1=C\c1ccc(-c2ccc(Cl)c(C(=O)NCc3ccc(F)cc3)c2)o1. The third-order valence-corrected chi connectivity index (χ3v) is 6.53. The first-order valence-corrected chi connectivity index (χ1v) is 12.4. The van der Waals surface area contributed by atoms with Gasteiger partial charge in [-0.25, -0.2) is 9.18 Å². The van der Waals surface area contributed by atoms with Gasteiger partial charge in [-0.3, -0.25) is 9.59 Å². The molecule has 0 spiro atoms. The number of benzene rings is 3. The number of furan rings is 1. The first kappa shape index (κ1) is 26.6. The van der Waals surface area contributed by atoms with E-state index in [1.165, 1.54) is 41.4 Å². The molecule has 10 heteroatoms. The Balaban J connectivity index is 1.32. The Morgan fingerprint density at radius 3 is 2.48 bits per heavy atom. The molecule has 8 nitrogen and oxygen atoms in total. The minimum Gasteiger partial charge on any atom is -0.478 e. The fourth-order valence-corrected chi connectivity index (χ4v) is 4.27. The van der Waals surface area contributed by atoms with E-state index in [-0.39, 0.29) is 34.4 Å². The fraction of sp³-hybridized carbons (Fsp3) is 0.0667. The molecule has 2 amide bonds. The fourth-order valence-electron chi connectivity index (χ4n) is 4.06. The predicted molar refractivity (Wildman–Crippen MR) is 149 cm³/mol. The highest BCUT2D eigenvalue weighted by molar-refractivity contribution is 6.34. The molecule has 4 aromatic rings. The molecule has 5 rings (SSSR count). The zero-order valence-electron chi connectivity index (χ0n) is 21.0. The van der Waals surface area contributed by atoms with Crippen LogP contribution >= 0.6 is 11.6 Å². The average Bonchev–Trinajstić information content (AvgIpc) is 3.53. The van der Waals surface area contributed by atoms with E-state index in [0.29, 0.717) is 34.1 Å². The van der Waals surface area contributed by atoms with Crippen molar-refractivity contribution in [2.45, 2.75) is 13.5 Å². The zero-order chi connectivity index (χ0) is 28.4. The summed E-state index contributed by atoms with van der Waals surface area (Å²) in [5.74, 6) is -1.35. The third kappa shape index (κ3) is 5.55. The van der Waals surface area contributed by atoms with E-state index in [1.807, 2.05) is 0 Å². The molecule has 1 aliphatic rings. The van der Waals surface area contributed by atoms with Crippen molar-refractivity contribution in [2.24, 2.45) is 5.10 Å². The Bertz CT molecular complexity index is 1690. The van der Waals surface area contributed by atoms with E-state index < -0.39 is 11.9 Å². The van der Waals surface area contributed by atoms with Gasteiger partial charge in [0.2, 0.25) is 0 Å². The lowest BCUT2D eigenvalue weighted by atomic mass is 10.1. The molecule has 1 aromatic heterocycles. The van der Waals surface area contributed by atoms with E-state index in [4.69, 9.17) is 21.1 Å². The van der Waals surface area contributed by atoms with Crippen molar-refractivity contribution in [3.8, 4) is 11.3 Å². The maximum atomic E-state index is 13.1. The number of hydrazone groups is 1. The van der Waals surface area contributed by atoms with Gasteiger partial charge in [0.05, 0.1) is 33.1 Å². The minimum absolute atomic E-state index is 0.102. The number of carbonyl (C=O) groups excluding carboxylic acids is 2. The molecule has 0 saturated carbocycles. The second-order valence-corrected chi connectivity index (χ2v) is 9.33. The first-order chi connectivity index (χ1) is 19.2. The molecule has 3 aromatic carbocycles. The molecule has 2 heterocycles. The Morgan fingerprint density at radius 1 is 1.05 bits per heavy atom. The summed E-state index contributed by atoms with van der Waals surface area (Å²) in [5, 5.41) is 17.6. The summed E-state index contributed by atoms with van der Waals surface area (Å²) >= 11 is 6.29. The summed E-state index contributed by atoms with van der Waals surface area (Å²) in [6.45, 7) is 1.89. The predicted octanol–water partition coefficient (Wildman–Crippen LogP) is 6.17. The van der Waals surface area contributed by atoms with Crippen LogP contribution in [-0.2, 0) is 11.3 Å². The monoisotopic (exact) mass is 557 g/mol. The molecule has 0 fully saturated rings. The van der Waals surface area contributed by atoms with E-state index in [0.717, 1.165) is 5.56 Å². The number of aromatic carboxylic acids is 1. The van der Waals surface area contributed by atoms with Crippen LogP contribution in [0.2, 0.25) is 5.02 Å². The van der Waals surface area contributed by atoms with Gasteiger partial charge in [0.25, 0.3) is 11.8 Å². The molecule has 0 atom stereocenters. The van der Waals surface area contributed by atoms with Gasteiger partial charge >= 0.3 is 5.97 Å². The van der Waals surface area contributed by atoms with E-state index in [2.05, 4.69) is 10.4 Å². The number of anilines is 1. The summed E-state index contributed by atoms with van der Waals surface area (Å²) in [7, 11) is 0. The molecule has 0 bridgehead atoms. The molecule has 0 aliphatic carbocycles. The maximum Gasteiger partial charge on any atom is 0.335 e. The summed E-state index contributed by atoms with van der Waals surface area (Å²) < 4.78 is 19.1. The molecular formula is C30H21ClFN3O5. The van der Waals surface area contributed by atoms with E-state index in [1.54, 1.807) is 55.5 Å². The minimum atomic E-state index is -1.06. The number of amides is 2. The van der Waals surface area contributed by atoms with Crippen LogP contribution in [-0.4, -0.2) is 28.6 Å². The van der Waals surface area contributed by atoms with Crippen molar-refractivity contribution in [2.75, 3.05) is 5.01 Å². The number of carboxylic acid groups (broad SMARTS) is 1. The molecule has 200 valence electrons. The Morgan fingerprint density at radius 2 is 1.77 bits per heavy atom. The van der Waals surface area contributed by atoms with Gasteiger partial charge in [-0.2, -0.15) is 10.1 Å². The molecule has 0 saturated heterocycles. The quantitative estimate of drug-likeness (QED) is 0.264. The summed E-state index contributed by atoms with van der Waals surface area (Å²) in [6.07, 6.45) is 1.57. The Labute approximate surface area is 233 Å². The van der Waals surface area contributed by atoms with Crippen molar-refractivity contribution >= 4 is 46.9 Å². The summed E-state index contributed by atoms with van der Waals surface area (Å²) in [4.78, 5) is 37.0. The topological polar surface area (TPSA) is 112 Å². The van der Waals surface area contributed by atoms with Crippen molar-refractivity contribution in [3.05, 3.63) is 118 Å². The summed E-state index contributed by atoms with van der Waals surface area (Å²) in [6, 6.07) is 20.0. The van der Waals surface area contributed by atoms with Crippen LogP contribution in [0, 0.1) is 5.82 Å². The van der Waals surface area contributed by atoms with Gasteiger partial charge < -0.3 is 14.8 Å². The van der Waals surface area contributed by atoms with Crippen LogP contribution < -0.4 is 10.3 Å². The van der Waals surface area contributed by atoms with Crippen molar-refractivity contribution in [1.82, 2.24) is 5.32 Å². The highest BCUT2D eigenvalue weighted by Crippen LogP contribution is 2.30. The number of hydrogen-bond donors (Lipinski definition) is 2. The van der Waals surface area contributed by atoms with Crippen molar-refractivity contribution in [3.63, 3.8) is 0 Å². The first-order valence-electron chi connectivity index (χ1n) is 12.1. The van der Waals surface area contributed by atoms with Crippen LogP contribution in [0.15, 0.2) is 94.0 Å². The van der Waals surface area contributed by atoms with Crippen LogP contribution in [0.1, 0.15) is 39.0 Å². The molecular weight excluding hydrogens is 537 g/mol. The molecule has 2 N–H and O–H groups in total. The van der Waals surface area contributed by atoms with Crippen LogP contribution in [0.3, 0.4) is 0 Å². The second-order valence-electron chi connectivity index (χ2n) is 8.92. The Kier molecular flexibility index (Phi) is 7.31. The average molecular weight is 558 g/mol.